The molecule has 0 saturated carbocycles. The molecule has 2 rings (SSSR count). The molecule has 1 heterocycles. The number of aryl methyl sites for hydroxylation is 1. The van der Waals surface area contributed by atoms with Crippen molar-refractivity contribution in [3.63, 3.8) is 0 Å². The first-order valence-electron chi connectivity index (χ1n) is 8.62. The number of dihydropyridines is 1. The number of nitrogens with one attached hydrogen (secondary N) is 1. The summed E-state index contributed by atoms with van der Waals surface area (Å²) in [5.41, 5.74) is 3.46. The number of hydrogen-bond donors (Lipinski definition) is 1. The normalized spacial score (nSPS) is 17.7. The molecule has 0 aromatic heterocycles. The van der Waals surface area contributed by atoms with E-state index in [9.17, 15) is 9.59 Å². The Morgan fingerprint density at radius 2 is 1.58 bits per heavy atom. The third-order valence-corrected chi connectivity index (χ3v) is 4.16. The van der Waals surface area contributed by atoms with E-state index in [2.05, 4.69) is 5.32 Å². The predicted molar refractivity (Wildman–Crippen MR) is 100 cm³/mol. The largest absolute Gasteiger partial charge is 0.466 e. The van der Waals surface area contributed by atoms with Gasteiger partial charge in [-0.05, 0) is 47.1 Å². The molecule has 1 atom stereocenters. The molecule has 26 heavy (non-hydrogen) atoms. The van der Waals surface area contributed by atoms with Crippen molar-refractivity contribution in [3.8, 4) is 0 Å². The van der Waals surface area contributed by atoms with Crippen molar-refractivity contribution in [1.82, 2.24) is 5.32 Å². The molecule has 0 spiro atoms. The fourth-order valence-electron chi connectivity index (χ4n) is 3.16. The second kappa shape index (κ2) is 7.36. The van der Waals surface area contributed by atoms with Crippen LogP contribution in [0.15, 0.2) is 46.8 Å². The number of allylic oxidation sites excluding steroid dienone is 2. The number of esters is 2. The Labute approximate surface area is 155 Å². The van der Waals surface area contributed by atoms with Crippen molar-refractivity contribution in [2.24, 2.45) is 0 Å². The highest BCUT2D eigenvalue weighted by Crippen LogP contribution is 2.39. The number of benzene rings is 1. The predicted octanol–water partition coefficient (Wildman–Crippen LogP) is 3.74. The summed E-state index contributed by atoms with van der Waals surface area (Å²) >= 11 is 0. The number of methoxy groups -OCH3 is 1. The summed E-state index contributed by atoms with van der Waals surface area (Å²) in [6.45, 7) is 11.1. The second-order valence-corrected chi connectivity index (χ2v) is 7.54. The molecule has 1 aliphatic heterocycles. The molecular weight excluding hydrogens is 330 g/mol. The first-order valence-corrected chi connectivity index (χ1v) is 8.62. The summed E-state index contributed by atoms with van der Waals surface area (Å²) in [6, 6.07) is 7.78. The van der Waals surface area contributed by atoms with Crippen LogP contribution in [-0.2, 0) is 19.1 Å². The third-order valence-electron chi connectivity index (χ3n) is 4.16. The molecule has 0 aliphatic carbocycles. The summed E-state index contributed by atoms with van der Waals surface area (Å²) in [5, 5.41) is 3.13. The molecule has 1 aromatic rings. The zero-order valence-corrected chi connectivity index (χ0v) is 16.5. The van der Waals surface area contributed by atoms with Gasteiger partial charge in [0, 0.05) is 11.4 Å². The van der Waals surface area contributed by atoms with E-state index in [1.54, 1.807) is 0 Å². The Kier molecular flexibility index (Phi) is 5.59. The van der Waals surface area contributed by atoms with Crippen LogP contribution in [0.5, 0.6) is 0 Å². The van der Waals surface area contributed by atoms with Crippen LogP contribution in [0.4, 0.5) is 0 Å². The molecule has 0 radical (unpaired) electrons. The van der Waals surface area contributed by atoms with E-state index >= 15 is 0 Å². The Hall–Kier alpha value is -2.56. The number of carbonyl (C=O) groups excluding carboxylic acids is 2. The van der Waals surface area contributed by atoms with Gasteiger partial charge in [0.2, 0.25) is 0 Å². The van der Waals surface area contributed by atoms with Gasteiger partial charge >= 0.3 is 11.9 Å². The molecule has 1 unspecified atom stereocenters. The molecule has 0 saturated heterocycles. The maximum absolute atomic E-state index is 13.0. The van der Waals surface area contributed by atoms with Crippen LogP contribution in [0.2, 0.25) is 0 Å². The van der Waals surface area contributed by atoms with Crippen LogP contribution >= 0.6 is 0 Å². The van der Waals surface area contributed by atoms with Gasteiger partial charge in [-0.1, -0.05) is 29.8 Å². The van der Waals surface area contributed by atoms with Gasteiger partial charge < -0.3 is 14.8 Å². The smallest absolute Gasteiger partial charge is 0.337 e. The van der Waals surface area contributed by atoms with Crippen LogP contribution in [-0.4, -0.2) is 24.6 Å². The summed E-state index contributed by atoms with van der Waals surface area (Å²) < 4.78 is 10.6. The van der Waals surface area contributed by atoms with Gasteiger partial charge in [-0.25, -0.2) is 9.59 Å². The lowest BCUT2D eigenvalue weighted by molar-refractivity contribution is -0.150. The summed E-state index contributed by atoms with van der Waals surface area (Å²) in [6.07, 6.45) is 0. The highest BCUT2D eigenvalue weighted by molar-refractivity contribution is 6.00. The van der Waals surface area contributed by atoms with Crippen LogP contribution in [0.3, 0.4) is 0 Å². The fraction of sp³-hybridized carbons (Fsp3) is 0.429. The van der Waals surface area contributed by atoms with E-state index in [0.717, 1.165) is 11.1 Å². The standard InChI is InChI=1S/C21H27NO4/c1-12-9-8-10-15(11-12)18-16(19(23)25-7)13(2)22-14(3)17(18)20(24)26-21(4,5)6/h8-11,18,22H,1-7H3. The molecule has 0 fully saturated rings. The summed E-state index contributed by atoms with van der Waals surface area (Å²) in [5.74, 6) is -1.45. The quantitative estimate of drug-likeness (QED) is 0.835. The SMILES string of the molecule is COC(=O)C1=C(C)NC(C)=C(C(=O)OC(C)(C)C)C1c1cccc(C)c1. The fourth-order valence-corrected chi connectivity index (χ4v) is 3.16. The number of rotatable bonds is 3. The van der Waals surface area contributed by atoms with Crippen LogP contribution in [0.25, 0.3) is 0 Å². The van der Waals surface area contributed by atoms with Crippen molar-refractivity contribution in [3.05, 3.63) is 57.9 Å². The number of ether oxygens (including phenoxy) is 2. The first-order chi connectivity index (χ1) is 12.0. The van der Waals surface area contributed by atoms with Crippen LogP contribution < -0.4 is 5.32 Å². The lowest BCUT2D eigenvalue weighted by Crippen LogP contribution is -2.34. The van der Waals surface area contributed by atoms with Gasteiger partial charge in [0.25, 0.3) is 0 Å². The highest BCUT2D eigenvalue weighted by atomic mass is 16.6. The molecule has 5 nitrogen and oxygen atoms in total. The van der Waals surface area contributed by atoms with Crippen molar-refractivity contribution in [2.45, 2.75) is 53.1 Å². The molecular formula is C21H27NO4. The van der Waals surface area contributed by atoms with Gasteiger partial charge in [0.15, 0.2) is 0 Å². The average molecular weight is 357 g/mol. The monoisotopic (exact) mass is 357 g/mol. The topological polar surface area (TPSA) is 64.6 Å². The van der Waals surface area contributed by atoms with Gasteiger partial charge in [-0.2, -0.15) is 0 Å². The lowest BCUT2D eigenvalue weighted by Gasteiger charge is -2.32. The van der Waals surface area contributed by atoms with E-state index < -0.39 is 23.5 Å². The van der Waals surface area contributed by atoms with Gasteiger partial charge in [0.1, 0.15) is 5.60 Å². The Balaban J connectivity index is 2.65. The average Bonchev–Trinajstić information content (AvgIpc) is 2.51. The Morgan fingerprint density at radius 3 is 2.08 bits per heavy atom. The zero-order valence-electron chi connectivity index (χ0n) is 16.5. The molecule has 1 aromatic carbocycles. The van der Waals surface area contributed by atoms with E-state index in [0.29, 0.717) is 22.5 Å². The minimum atomic E-state index is -0.636. The third kappa shape index (κ3) is 4.15. The number of carbonyl (C=O) groups is 2. The maximum atomic E-state index is 13.0. The van der Waals surface area contributed by atoms with E-state index in [-0.39, 0.29) is 0 Å². The molecule has 1 aliphatic rings. The zero-order chi connectivity index (χ0) is 19.6. The van der Waals surface area contributed by atoms with Crippen molar-refractivity contribution >= 4 is 11.9 Å². The molecule has 0 amide bonds. The van der Waals surface area contributed by atoms with Crippen molar-refractivity contribution in [1.29, 1.82) is 0 Å². The second-order valence-electron chi connectivity index (χ2n) is 7.54. The molecule has 140 valence electrons. The van der Waals surface area contributed by atoms with E-state index in [1.807, 2.05) is 65.8 Å². The number of hydrogen-bond acceptors (Lipinski definition) is 5. The lowest BCUT2D eigenvalue weighted by atomic mass is 9.80. The molecule has 0 bridgehead atoms. The highest BCUT2D eigenvalue weighted by Gasteiger charge is 2.38. The first kappa shape index (κ1) is 19.8. The van der Waals surface area contributed by atoms with Gasteiger partial charge in [0.05, 0.1) is 24.2 Å². The molecule has 1 N–H and O–H groups in total. The maximum Gasteiger partial charge on any atom is 0.337 e. The Morgan fingerprint density at radius 1 is 1.00 bits per heavy atom. The molecule has 5 heteroatoms. The van der Waals surface area contributed by atoms with Crippen LogP contribution in [0, 0.1) is 6.92 Å². The minimum absolute atomic E-state index is 0.421. The van der Waals surface area contributed by atoms with Gasteiger partial charge in [-0.15, -0.1) is 0 Å². The minimum Gasteiger partial charge on any atom is -0.466 e. The van der Waals surface area contributed by atoms with E-state index in [1.165, 1.54) is 7.11 Å². The van der Waals surface area contributed by atoms with E-state index in [4.69, 9.17) is 9.47 Å². The van der Waals surface area contributed by atoms with Gasteiger partial charge in [-0.3, -0.25) is 0 Å². The summed E-state index contributed by atoms with van der Waals surface area (Å²) in [4.78, 5) is 25.5. The Bertz CT molecular complexity index is 796. The van der Waals surface area contributed by atoms with Crippen molar-refractivity contribution < 1.29 is 19.1 Å². The van der Waals surface area contributed by atoms with Crippen molar-refractivity contribution in [2.75, 3.05) is 7.11 Å². The van der Waals surface area contributed by atoms with Crippen LogP contribution in [0.1, 0.15) is 51.7 Å². The summed E-state index contributed by atoms with van der Waals surface area (Å²) in [7, 11) is 1.34.